The number of anilines is 1. The maximum atomic E-state index is 13.3. The average Bonchev–Trinajstić information content (AvgIpc) is 3.03. The monoisotopic (exact) mass is 429 g/mol. The van der Waals surface area contributed by atoms with Crippen LogP contribution in [0.2, 0.25) is 0 Å². The highest BCUT2D eigenvalue weighted by Gasteiger charge is 2.25. The van der Waals surface area contributed by atoms with Crippen molar-refractivity contribution in [3.8, 4) is 5.69 Å². The molecule has 0 aliphatic carbocycles. The van der Waals surface area contributed by atoms with E-state index in [1.807, 2.05) is 66.9 Å². The summed E-state index contributed by atoms with van der Waals surface area (Å²) < 4.78 is 1.83. The van der Waals surface area contributed by atoms with Gasteiger partial charge in [0.05, 0.1) is 11.0 Å². The molecule has 2 heterocycles. The second kappa shape index (κ2) is 8.99. The van der Waals surface area contributed by atoms with E-state index < -0.39 is 0 Å². The fraction of sp³-hybridized carbons (Fsp3) is 0.346. The molecule has 1 amide bonds. The smallest absolute Gasteiger partial charge is 0.257 e. The van der Waals surface area contributed by atoms with Gasteiger partial charge in [-0.3, -0.25) is 9.36 Å². The van der Waals surface area contributed by atoms with Crippen molar-refractivity contribution in [2.45, 2.75) is 53.0 Å². The third-order valence-electron chi connectivity index (χ3n) is 5.81. The first kappa shape index (κ1) is 21.8. The van der Waals surface area contributed by atoms with Gasteiger partial charge in [0.15, 0.2) is 5.65 Å². The SMILES string of the molecule is Cc1ccc(-n2c(N)c(C(=O)N[C@@H](C)CCCC(C)C)c3nc4ccccc4nc32)cc1. The van der Waals surface area contributed by atoms with Crippen molar-refractivity contribution >= 4 is 33.9 Å². The standard InChI is InChI=1S/C26H31N5O/c1-16(2)8-7-9-18(4)28-26(32)22-23-25(30-21-11-6-5-10-20(21)29-23)31(24(22)27)19-14-12-17(3)13-15-19/h5-6,10-16,18H,7-9,27H2,1-4H3,(H,28,32)/t18-/m0/s1. The van der Waals surface area contributed by atoms with E-state index in [1.54, 1.807) is 0 Å². The predicted molar refractivity (Wildman–Crippen MR) is 131 cm³/mol. The van der Waals surface area contributed by atoms with Crippen molar-refractivity contribution in [1.29, 1.82) is 0 Å². The number of hydrogen-bond acceptors (Lipinski definition) is 4. The molecule has 0 unspecified atom stereocenters. The number of benzene rings is 2. The fourth-order valence-electron chi connectivity index (χ4n) is 4.04. The summed E-state index contributed by atoms with van der Waals surface area (Å²) in [5, 5.41) is 3.12. The molecule has 0 bridgehead atoms. The number of hydrogen-bond donors (Lipinski definition) is 2. The number of carbonyl (C=O) groups is 1. The van der Waals surface area contributed by atoms with Gasteiger partial charge in [-0.05, 0) is 50.5 Å². The molecule has 0 radical (unpaired) electrons. The van der Waals surface area contributed by atoms with E-state index in [4.69, 9.17) is 15.7 Å². The van der Waals surface area contributed by atoms with Crippen LogP contribution in [0.4, 0.5) is 5.82 Å². The molecule has 4 rings (SSSR count). The number of aromatic nitrogens is 3. The molecule has 0 spiro atoms. The second-order valence-corrected chi connectivity index (χ2v) is 9.01. The zero-order valence-electron chi connectivity index (χ0n) is 19.2. The van der Waals surface area contributed by atoms with Gasteiger partial charge in [0.1, 0.15) is 16.9 Å². The van der Waals surface area contributed by atoms with Crippen molar-refractivity contribution < 1.29 is 4.79 Å². The Kier molecular flexibility index (Phi) is 6.12. The van der Waals surface area contributed by atoms with E-state index >= 15 is 0 Å². The lowest BCUT2D eigenvalue weighted by molar-refractivity contribution is 0.0940. The van der Waals surface area contributed by atoms with Crippen LogP contribution in [0.25, 0.3) is 27.9 Å². The molecule has 3 N–H and O–H groups in total. The van der Waals surface area contributed by atoms with Gasteiger partial charge in [0.2, 0.25) is 0 Å². The molecule has 2 aromatic heterocycles. The zero-order chi connectivity index (χ0) is 22.8. The van der Waals surface area contributed by atoms with Gasteiger partial charge < -0.3 is 11.1 Å². The van der Waals surface area contributed by atoms with Crippen molar-refractivity contribution in [3.63, 3.8) is 0 Å². The first-order valence-electron chi connectivity index (χ1n) is 11.3. The van der Waals surface area contributed by atoms with Gasteiger partial charge in [0.25, 0.3) is 5.91 Å². The Hall–Kier alpha value is -3.41. The molecule has 1 atom stereocenters. The normalized spacial score (nSPS) is 12.5. The molecule has 0 aliphatic heterocycles. The third kappa shape index (κ3) is 4.31. The van der Waals surface area contributed by atoms with Crippen LogP contribution in [0.5, 0.6) is 0 Å². The summed E-state index contributed by atoms with van der Waals surface area (Å²) in [6.45, 7) is 8.50. The van der Waals surface area contributed by atoms with Crippen LogP contribution in [-0.4, -0.2) is 26.5 Å². The lowest BCUT2D eigenvalue weighted by Gasteiger charge is -2.14. The summed E-state index contributed by atoms with van der Waals surface area (Å²) in [4.78, 5) is 23.0. The van der Waals surface area contributed by atoms with Gasteiger partial charge >= 0.3 is 0 Å². The highest BCUT2D eigenvalue weighted by molar-refractivity contribution is 6.11. The number of para-hydroxylation sites is 2. The van der Waals surface area contributed by atoms with Crippen LogP contribution >= 0.6 is 0 Å². The molecular weight excluding hydrogens is 398 g/mol. The number of fused-ring (bicyclic) bond motifs is 2. The third-order valence-corrected chi connectivity index (χ3v) is 5.81. The molecule has 4 aromatic rings. The summed E-state index contributed by atoms with van der Waals surface area (Å²) in [5.74, 6) is 0.801. The van der Waals surface area contributed by atoms with E-state index in [2.05, 4.69) is 19.2 Å². The lowest BCUT2D eigenvalue weighted by atomic mass is 10.0. The van der Waals surface area contributed by atoms with Crippen LogP contribution in [-0.2, 0) is 0 Å². The van der Waals surface area contributed by atoms with Crippen molar-refractivity contribution in [1.82, 2.24) is 19.9 Å². The first-order valence-corrected chi connectivity index (χ1v) is 11.3. The number of carbonyl (C=O) groups excluding carboxylic acids is 1. The van der Waals surface area contributed by atoms with Crippen molar-refractivity contribution in [2.24, 2.45) is 5.92 Å². The van der Waals surface area contributed by atoms with E-state index in [0.717, 1.165) is 41.5 Å². The molecule has 0 fully saturated rings. The van der Waals surface area contributed by atoms with E-state index in [-0.39, 0.29) is 11.9 Å². The molecule has 6 nitrogen and oxygen atoms in total. The van der Waals surface area contributed by atoms with Crippen molar-refractivity contribution in [3.05, 3.63) is 59.7 Å². The number of nitrogen functional groups attached to an aromatic ring is 1. The van der Waals surface area contributed by atoms with E-state index in [9.17, 15) is 4.79 Å². The molecule has 166 valence electrons. The minimum Gasteiger partial charge on any atom is -0.384 e. The largest absolute Gasteiger partial charge is 0.384 e. The molecule has 6 heteroatoms. The Morgan fingerprint density at radius 3 is 2.31 bits per heavy atom. The number of nitrogens with two attached hydrogens (primary N) is 1. The zero-order valence-corrected chi connectivity index (χ0v) is 19.2. The Labute approximate surface area is 188 Å². The van der Waals surface area contributed by atoms with Gasteiger partial charge in [0, 0.05) is 11.7 Å². The van der Waals surface area contributed by atoms with E-state index in [0.29, 0.717) is 28.5 Å². The number of nitrogens with one attached hydrogen (secondary N) is 1. The molecule has 0 saturated carbocycles. The van der Waals surface area contributed by atoms with Crippen molar-refractivity contribution in [2.75, 3.05) is 5.73 Å². The summed E-state index contributed by atoms with van der Waals surface area (Å²) in [6, 6.07) is 15.7. The maximum Gasteiger partial charge on any atom is 0.257 e. The average molecular weight is 430 g/mol. The summed E-state index contributed by atoms with van der Waals surface area (Å²) >= 11 is 0. The summed E-state index contributed by atoms with van der Waals surface area (Å²) in [5.41, 5.74) is 11.6. The fourth-order valence-corrected chi connectivity index (χ4v) is 4.04. The molecule has 0 aliphatic rings. The highest BCUT2D eigenvalue weighted by Crippen LogP contribution is 2.31. The number of rotatable bonds is 7. The first-order chi connectivity index (χ1) is 15.3. The second-order valence-electron chi connectivity index (χ2n) is 9.01. The number of nitrogens with zero attached hydrogens (tertiary/aromatic N) is 3. The minimum absolute atomic E-state index is 0.0480. The molecule has 32 heavy (non-hydrogen) atoms. The van der Waals surface area contributed by atoms with Gasteiger partial charge in [-0.15, -0.1) is 0 Å². The minimum atomic E-state index is -0.208. The van der Waals surface area contributed by atoms with Crippen LogP contribution in [0.3, 0.4) is 0 Å². The van der Waals surface area contributed by atoms with Crippen LogP contribution in [0, 0.1) is 12.8 Å². The predicted octanol–water partition coefficient (Wildman–Crippen LogP) is 5.41. The Bertz CT molecular complexity index is 1260. The van der Waals surface area contributed by atoms with Crippen LogP contribution in [0.15, 0.2) is 48.5 Å². The van der Waals surface area contributed by atoms with Gasteiger partial charge in [-0.2, -0.15) is 0 Å². The van der Waals surface area contributed by atoms with Crippen LogP contribution in [0.1, 0.15) is 56.0 Å². The summed E-state index contributed by atoms with van der Waals surface area (Å²) in [7, 11) is 0. The van der Waals surface area contributed by atoms with Gasteiger partial charge in [-0.25, -0.2) is 9.97 Å². The van der Waals surface area contributed by atoms with Crippen LogP contribution < -0.4 is 11.1 Å². The topological polar surface area (TPSA) is 85.8 Å². The van der Waals surface area contributed by atoms with E-state index in [1.165, 1.54) is 0 Å². The number of amides is 1. The maximum absolute atomic E-state index is 13.3. The molecular formula is C26H31N5O. The Morgan fingerprint density at radius 2 is 1.66 bits per heavy atom. The molecule has 0 saturated heterocycles. The summed E-state index contributed by atoms with van der Waals surface area (Å²) in [6.07, 6.45) is 3.14. The lowest BCUT2D eigenvalue weighted by Crippen LogP contribution is -2.33. The quantitative estimate of drug-likeness (QED) is 0.411. The highest BCUT2D eigenvalue weighted by atomic mass is 16.1. The Morgan fingerprint density at radius 1 is 1.00 bits per heavy atom. The molecule has 2 aromatic carbocycles. The number of aryl methyl sites for hydroxylation is 1. The Balaban J connectivity index is 1.79. The van der Waals surface area contributed by atoms with Gasteiger partial charge in [-0.1, -0.05) is 56.5 Å².